The second-order valence-electron chi connectivity index (χ2n) is 7.36. The van der Waals surface area contributed by atoms with Crippen LogP contribution in [0.5, 0.6) is 5.75 Å². The first-order valence-corrected chi connectivity index (χ1v) is 8.61. The maximum Gasteiger partial charge on any atom is 0.234 e. The van der Waals surface area contributed by atoms with Crippen LogP contribution in [0.25, 0.3) is 10.4 Å². The summed E-state index contributed by atoms with van der Waals surface area (Å²) in [7, 11) is 0. The Morgan fingerprint density at radius 1 is 1.38 bits per heavy atom. The monoisotopic (exact) mass is 328 g/mol. The van der Waals surface area contributed by atoms with Crippen molar-refractivity contribution >= 4 is 11.6 Å². The van der Waals surface area contributed by atoms with Gasteiger partial charge in [-0.05, 0) is 43.9 Å². The first kappa shape index (κ1) is 16.7. The van der Waals surface area contributed by atoms with E-state index in [1.807, 2.05) is 26.0 Å². The molecule has 0 fully saturated rings. The second kappa shape index (κ2) is 6.02. The van der Waals surface area contributed by atoms with Crippen molar-refractivity contribution in [1.82, 2.24) is 0 Å². The van der Waals surface area contributed by atoms with Crippen LogP contribution in [-0.4, -0.2) is 18.1 Å². The maximum absolute atomic E-state index is 12.3. The van der Waals surface area contributed by atoms with Crippen LogP contribution in [0, 0.1) is 0 Å². The summed E-state index contributed by atoms with van der Waals surface area (Å²) in [6, 6.07) is 3.98. The Labute approximate surface area is 142 Å². The highest BCUT2D eigenvalue weighted by Crippen LogP contribution is 2.50. The number of amides is 1. The number of benzene rings is 1. The lowest BCUT2D eigenvalue weighted by atomic mass is 9.84. The van der Waals surface area contributed by atoms with Gasteiger partial charge in [0.25, 0.3) is 0 Å². The third kappa shape index (κ3) is 2.61. The average molecular weight is 328 g/mol. The molecular formula is C18H24N4O2. The fourth-order valence-corrected chi connectivity index (χ4v) is 3.76. The molecule has 6 nitrogen and oxygen atoms in total. The molecule has 0 saturated heterocycles. The van der Waals surface area contributed by atoms with E-state index >= 15 is 0 Å². The quantitative estimate of drug-likeness (QED) is 0.361. The normalized spacial score (nSPS) is 23.0. The number of carbonyl (C=O) groups is 1. The summed E-state index contributed by atoms with van der Waals surface area (Å²) in [6.45, 7) is 6.32. The molecule has 1 aromatic carbocycles. The molecule has 2 aliphatic heterocycles. The molecule has 1 N–H and O–H groups in total. The van der Waals surface area contributed by atoms with Crippen LogP contribution in [0.3, 0.4) is 0 Å². The van der Waals surface area contributed by atoms with Gasteiger partial charge in [0.1, 0.15) is 11.4 Å². The third-order valence-corrected chi connectivity index (χ3v) is 5.17. The molecule has 0 saturated carbocycles. The summed E-state index contributed by atoms with van der Waals surface area (Å²) >= 11 is 0. The van der Waals surface area contributed by atoms with Crippen molar-refractivity contribution in [1.29, 1.82) is 0 Å². The van der Waals surface area contributed by atoms with E-state index in [1.54, 1.807) is 0 Å². The molecule has 3 rings (SSSR count). The first-order valence-electron chi connectivity index (χ1n) is 8.61. The lowest BCUT2D eigenvalue weighted by Gasteiger charge is -2.28. The fraction of sp³-hybridized carbons (Fsp3) is 0.611. The largest absolute Gasteiger partial charge is 0.486 e. The van der Waals surface area contributed by atoms with E-state index in [9.17, 15) is 4.79 Å². The van der Waals surface area contributed by atoms with Gasteiger partial charge in [0.15, 0.2) is 0 Å². The Kier molecular flexibility index (Phi) is 4.18. The summed E-state index contributed by atoms with van der Waals surface area (Å²) in [5.74, 6) is 0.800. The summed E-state index contributed by atoms with van der Waals surface area (Å²) < 4.78 is 6.41. The number of unbranched alkanes of at least 4 members (excludes halogenated alkanes) is 2. The summed E-state index contributed by atoms with van der Waals surface area (Å²) in [6.07, 6.45) is 4.87. The lowest BCUT2D eigenvalue weighted by molar-refractivity contribution is -0.119. The molecule has 24 heavy (non-hydrogen) atoms. The van der Waals surface area contributed by atoms with Crippen LogP contribution in [0.2, 0.25) is 0 Å². The van der Waals surface area contributed by atoms with Crippen molar-refractivity contribution in [2.24, 2.45) is 5.11 Å². The van der Waals surface area contributed by atoms with Gasteiger partial charge in [0.2, 0.25) is 5.91 Å². The molecule has 0 bridgehead atoms. The molecule has 1 atom stereocenters. The number of hydrogen-bond acceptors (Lipinski definition) is 3. The Bertz CT molecular complexity index is 722. The number of fused-ring (bicyclic) bond motifs is 3. The van der Waals surface area contributed by atoms with E-state index in [-0.39, 0.29) is 5.91 Å². The summed E-state index contributed by atoms with van der Waals surface area (Å²) in [5.41, 5.74) is 10.5. The highest BCUT2D eigenvalue weighted by molar-refractivity contribution is 6.06. The first-order chi connectivity index (χ1) is 11.4. The number of carbonyl (C=O) groups excluding carboxylic acids is 1. The Morgan fingerprint density at radius 2 is 2.17 bits per heavy atom. The predicted molar refractivity (Wildman–Crippen MR) is 93.3 cm³/mol. The van der Waals surface area contributed by atoms with Crippen LogP contribution in [0.15, 0.2) is 17.2 Å². The predicted octanol–water partition coefficient (Wildman–Crippen LogP) is 4.48. The summed E-state index contributed by atoms with van der Waals surface area (Å²) in [4.78, 5) is 15.2. The molecule has 128 valence electrons. The second-order valence-corrected chi connectivity index (χ2v) is 7.36. The van der Waals surface area contributed by atoms with Crippen molar-refractivity contribution in [3.05, 3.63) is 33.7 Å². The maximum atomic E-state index is 12.3. The number of ether oxygens (including phenoxy) is 1. The molecule has 1 amide bonds. The van der Waals surface area contributed by atoms with E-state index < -0.39 is 11.0 Å². The standard InChI is InChI=1S/C18H24N4O2/c1-4-5-6-9-18(11-20-22-19)10-12-7-8-13-14(15(12)24-18)17(2,3)16(23)21-13/h7-8H,4-6,9-11H2,1-3H3,(H,21,23). The van der Waals surface area contributed by atoms with Crippen molar-refractivity contribution in [2.75, 3.05) is 11.9 Å². The molecule has 2 heterocycles. The number of hydrogen-bond donors (Lipinski definition) is 1. The van der Waals surface area contributed by atoms with Crippen molar-refractivity contribution in [3.8, 4) is 5.75 Å². The zero-order valence-corrected chi connectivity index (χ0v) is 14.6. The minimum Gasteiger partial charge on any atom is -0.486 e. The summed E-state index contributed by atoms with van der Waals surface area (Å²) in [5, 5.41) is 6.74. The molecule has 6 heteroatoms. The number of rotatable bonds is 6. The van der Waals surface area contributed by atoms with Gasteiger partial charge in [-0.25, -0.2) is 0 Å². The Hall–Kier alpha value is -2.20. The van der Waals surface area contributed by atoms with Crippen LogP contribution in [0.1, 0.15) is 57.6 Å². The van der Waals surface area contributed by atoms with E-state index in [2.05, 4.69) is 22.3 Å². The van der Waals surface area contributed by atoms with Gasteiger partial charge < -0.3 is 10.1 Å². The molecule has 0 radical (unpaired) electrons. The van der Waals surface area contributed by atoms with Gasteiger partial charge in [0.05, 0.1) is 12.0 Å². The van der Waals surface area contributed by atoms with Gasteiger partial charge in [-0.2, -0.15) is 0 Å². The van der Waals surface area contributed by atoms with Crippen molar-refractivity contribution < 1.29 is 9.53 Å². The number of anilines is 1. The van der Waals surface area contributed by atoms with E-state index in [4.69, 9.17) is 10.3 Å². The van der Waals surface area contributed by atoms with Crippen LogP contribution in [0.4, 0.5) is 5.69 Å². The van der Waals surface area contributed by atoms with E-state index in [0.717, 1.165) is 54.7 Å². The number of azide groups is 1. The molecule has 0 aliphatic carbocycles. The molecule has 1 aromatic rings. The molecular weight excluding hydrogens is 304 g/mol. The van der Waals surface area contributed by atoms with E-state index in [1.165, 1.54) is 0 Å². The van der Waals surface area contributed by atoms with Gasteiger partial charge in [0, 0.05) is 22.6 Å². The Morgan fingerprint density at radius 3 is 2.88 bits per heavy atom. The van der Waals surface area contributed by atoms with Crippen LogP contribution < -0.4 is 10.1 Å². The van der Waals surface area contributed by atoms with Gasteiger partial charge in [-0.1, -0.05) is 30.9 Å². The van der Waals surface area contributed by atoms with Crippen molar-refractivity contribution in [2.45, 2.75) is 63.9 Å². The van der Waals surface area contributed by atoms with Gasteiger partial charge >= 0.3 is 0 Å². The fourth-order valence-electron chi connectivity index (χ4n) is 3.76. The smallest absolute Gasteiger partial charge is 0.234 e. The minimum absolute atomic E-state index is 0.00645. The highest BCUT2D eigenvalue weighted by Gasteiger charge is 2.47. The molecule has 0 spiro atoms. The van der Waals surface area contributed by atoms with Gasteiger partial charge in [-0.15, -0.1) is 0 Å². The zero-order chi connectivity index (χ0) is 17.4. The lowest BCUT2D eigenvalue weighted by Crippen LogP contribution is -2.38. The van der Waals surface area contributed by atoms with E-state index in [0.29, 0.717) is 6.54 Å². The number of nitrogens with zero attached hydrogens (tertiary/aromatic N) is 3. The third-order valence-electron chi connectivity index (χ3n) is 5.17. The van der Waals surface area contributed by atoms with Crippen molar-refractivity contribution in [3.63, 3.8) is 0 Å². The zero-order valence-electron chi connectivity index (χ0n) is 14.6. The average Bonchev–Trinajstić information content (AvgIpc) is 3.01. The van der Waals surface area contributed by atoms with Crippen LogP contribution in [-0.2, 0) is 16.6 Å². The minimum atomic E-state index is -0.612. The molecule has 0 aromatic heterocycles. The Balaban J connectivity index is 1.97. The topological polar surface area (TPSA) is 87.1 Å². The molecule has 1 unspecified atom stereocenters. The molecule has 2 aliphatic rings. The SMILES string of the molecule is CCCCCC1(CN=[N+]=[N-])Cc2ccc3c(c2O1)C(C)(C)C(=O)N3. The van der Waals surface area contributed by atoms with Gasteiger partial charge in [-0.3, -0.25) is 4.79 Å². The van der Waals surface area contributed by atoms with Crippen LogP contribution >= 0.6 is 0 Å². The number of nitrogens with one attached hydrogen (secondary N) is 1. The highest BCUT2D eigenvalue weighted by atomic mass is 16.5.